The molecule has 0 aromatic heterocycles. The lowest BCUT2D eigenvalue weighted by Gasteiger charge is -2.33. The van der Waals surface area contributed by atoms with Crippen LogP contribution in [0.3, 0.4) is 0 Å². The number of hydrogen-bond donors (Lipinski definition) is 0. The zero-order valence-corrected chi connectivity index (χ0v) is 18.8. The van der Waals surface area contributed by atoms with Gasteiger partial charge < -0.3 is 23.7 Å². The fourth-order valence-corrected chi connectivity index (χ4v) is 3.98. The van der Waals surface area contributed by atoms with Crippen molar-refractivity contribution < 1.29 is 42.9 Å². The van der Waals surface area contributed by atoms with Crippen LogP contribution in [0.2, 0.25) is 0 Å². The summed E-state index contributed by atoms with van der Waals surface area (Å²) in [4.78, 5) is 50.0. The van der Waals surface area contributed by atoms with Crippen molar-refractivity contribution in [1.29, 1.82) is 0 Å². The number of rotatable bonds is 4. The number of methoxy groups -OCH3 is 1. The van der Waals surface area contributed by atoms with Gasteiger partial charge in [0.15, 0.2) is 17.8 Å². The average Bonchev–Trinajstić information content (AvgIpc) is 3.25. The van der Waals surface area contributed by atoms with Crippen molar-refractivity contribution in [3.63, 3.8) is 0 Å². The highest BCUT2D eigenvalue weighted by Crippen LogP contribution is 2.41. The van der Waals surface area contributed by atoms with Crippen LogP contribution < -0.4 is 0 Å². The Bertz CT molecular complexity index is 914. The van der Waals surface area contributed by atoms with Crippen LogP contribution in [0.25, 0.3) is 0 Å². The van der Waals surface area contributed by atoms with E-state index in [4.69, 9.17) is 23.7 Å². The Balaban J connectivity index is 2.14. The van der Waals surface area contributed by atoms with Crippen LogP contribution in [0.15, 0.2) is 35.5 Å². The molecule has 0 N–H and O–H groups in total. The van der Waals surface area contributed by atoms with Gasteiger partial charge >= 0.3 is 23.9 Å². The van der Waals surface area contributed by atoms with Crippen molar-refractivity contribution in [3.8, 4) is 0 Å². The fraction of sp³-hybridized carbons (Fsp3) is 0.565. The van der Waals surface area contributed by atoms with Gasteiger partial charge in [0.2, 0.25) is 0 Å². The van der Waals surface area contributed by atoms with Gasteiger partial charge in [-0.05, 0) is 39.7 Å². The first-order valence-electron chi connectivity index (χ1n) is 10.4. The molecule has 3 rings (SSSR count). The lowest BCUT2D eigenvalue weighted by atomic mass is 9.83. The standard InChI is InChI=1S/C23H28O9/c1-11-8-7-9-15(21(26)28-6)18(29-14(4)24)19(31-22(27)23(5)13(3)32-23)17-12(2)20(25)30-16(17)10-11/h9-10,13,16-19H,2,7-8H2,1,3-6H3/b11-10+,15-9-/t13-,16+,17-,18-,19-,23+/m0/s1. The van der Waals surface area contributed by atoms with Gasteiger partial charge in [0.05, 0.1) is 24.7 Å². The molecule has 6 atom stereocenters. The lowest BCUT2D eigenvalue weighted by Crippen LogP contribution is -2.47. The molecule has 0 aromatic rings. The highest BCUT2D eigenvalue weighted by atomic mass is 16.7. The largest absolute Gasteiger partial charge is 0.466 e. The Morgan fingerprint density at radius 2 is 1.91 bits per heavy atom. The third-order valence-electron chi connectivity index (χ3n) is 6.07. The second kappa shape index (κ2) is 8.90. The smallest absolute Gasteiger partial charge is 0.341 e. The Labute approximate surface area is 186 Å². The number of carbonyl (C=O) groups excluding carboxylic acids is 4. The molecule has 0 unspecified atom stereocenters. The molecule has 0 amide bonds. The summed E-state index contributed by atoms with van der Waals surface area (Å²) in [5.74, 6) is -3.70. The number of hydrogen-bond acceptors (Lipinski definition) is 9. The summed E-state index contributed by atoms with van der Waals surface area (Å²) < 4.78 is 27.1. The minimum atomic E-state index is -1.34. The van der Waals surface area contributed by atoms with Gasteiger partial charge in [-0.3, -0.25) is 4.79 Å². The Hall–Kier alpha value is -2.94. The topological polar surface area (TPSA) is 118 Å². The predicted octanol–water partition coefficient (Wildman–Crippen LogP) is 1.94. The molecule has 2 saturated heterocycles. The second-order valence-electron chi connectivity index (χ2n) is 8.39. The normalized spacial score (nSPS) is 37.6. The number of esters is 4. The van der Waals surface area contributed by atoms with Crippen LogP contribution in [0.4, 0.5) is 0 Å². The molecule has 0 radical (unpaired) electrons. The number of ether oxygens (including phenoxy) is 5. The predicted molar refractivity (Wildman–Crippen MR) is 110 cm³/mol. The van der Waals surface area contributed by atoms with E-state index in [2.05, 4.69) is 6.58 Å². The van der Waals surface area contributed by atoms with E-state index >= 15 is 0 Å². The molecule has 3 aliphatic rings. The van der Waals surface area contributed by atoms with Gasteiger partial charge in [-0.15, -0.1) is 0 Å². The molecule has 0 bridgehead atoms. The zero-order chi connectivity index (χ0) is 23.8. The van der Waals surface area contributed by atoms with Gasteiger partial charge in [-0.25, -0.2) is 14.4 Å². The molecule has 9 heteroatoms. The summed E-state index contributed by atoms with van der Waals surface area (Å²) in [6.07, 6.45) is 0.540. The van der Waals surface area contributed by atoms with Gasteiger partial charge in [-0.2, -0.15) is 0 Å². The molecule has 2 fully saturated rings. The molecular formula is C23H28O9. The number of fused-ring (bicyclic) bond motifs is 1. The first-order chi connectivity index (χ1) is 15.0. The van der Waals surface area contributed by atoms with Crippen LogP contribution in [0, 0.1) is 5.92 Å². The fourth-order valence-electron chi connectivity index (χ4n) is 3.98. The lowest BCUT2D eigenvalue weighted by molar-refractivity contribution is -0.173. The van der Waals surface area contributed by atoms with E-state index in [1.54, 1.807) is 26.0 Å². The van der Waals surface area contributed by atoms with Crippen LogP contribution in [-0.4, -0.2) is 61.0 Å². The van der Waals surface area contributed by atoms with Crippen molar-refractivity contribution in [3.05, 3.63) is 35.5 Å². The molecule has 0 saturated carbocycles. The monoisotopic (exact) mass is 448 g/mol. The van der Waals surface area contributed by atoms with Crippen LogP contribution >= 0.6 is 0 Å². The van der Waals surface area contributed by atoms with Crippen molar-refractivity contribution in [2.45, 2.75) is 70.6 Å². The van der Waals surface area contributed by atoms with Crippen LogP contribution in [0.1, 0.15) is 40.5 Å². The third-order valence-corrected chi connectivity index (χ3v) is 6.07. The van der Waals surface area contributed by atoms with Crippen LogP contribution in [0.5, 0.6) is 0 Å². The first-order valence-corrected chi connectivity index (χ1v) is 10.4. The van der Waals surface area contributed by atoms with E-state index in [0.29, 0.717) is 12.8 Å². The highest BCUT2D eigenvalue weighted by Gasteiger charge is 2.59. The summed E-state index contributed by atoms with van der Waals surface area (Å²) >= 11 is 0. The summed E-state index contributed by atoms with van der Waals surface area (Å²) in [7, 11) is 1.20. The molecule has 2 heterocycles. The van der Waals surface area contributed by atoms with Crippen molar-refractivity contribution in [2.75, 3.05) is 7.11 Å². The Morgan fingerprint density at radius 3 is 2.47 bits per heavy atom. The maximum atomic E-state index is 13.0. The van der Waals surface area contributed by atoms with Gasteiger partial charge in [0, 0.05) is 12.5 Å². The Morgan fingerprint density at radius 1 is 1.25 bits per heavy atom. The number of carbonyl (C=O) groups is 4. The number of epoxide rings is 1. The summed E-state index contributed by atoms with van der Waals surface area (Å²) in [6.45, 7) is 10.2. The van der Waals surface area contributed by atoms with Crippen molar-refractivity contribution in [2.24, 2.45) is 5.92 Å². The molecule has 174 valence electrons. The molecule has 2 aliphatic heterocycles. The molecule has 32 heavy (non-hydrogen) atoms. The van der Waals surface area contributed by atoms with Crippen molar-refractivity contribution in [1.82, 2.24) is 0 Å². The van der Waals surface area contributed by atoms with Crippen LogP contribution in [-0.2, 0) is 42.9 Å². The molecule has 0 aromatic carbocycles. The molecular weight excluding hydrogens is 420 g/mol. The third kappa shape index (κ3) is 4.48. The minimum absolute atomic E-state index is 0.0102. The van der Waals surface area contributed by atoms with Crippen molar-refractivity contribution >= 4 is 23.9 Å². The molecule has 0 spiro atoms. The van der Waals surface area contributed by atoms with E-state index in [1.807, 2.05) is 6.92 Å². The summed E-state index contributed by atoms with van der Waals surface area (Å²) in [5.41, 5.74) is -0.216. The first kappa shape index (κ1) is 23.7. The van der Waals surface area contributed by atoms with E-state index in [1.165, 1.54) is 14.0 Å². The summed E-state index contributed by atoms with van der Waals surface area (Å²) in [5, 5.41) is 0. The SMILES string of the molecule is C=C1C(=O)O[C@@H]2/C=C(\C)CC/C=C(\C(=O)OC)[C@H](OC(C)=O)[C@@H](OC(=O)[C@]3(C)O[C@H]3C)[C@@H]12. The highest BCUT2D eigenvalue weighted by molar-refractivity contribution is 5.93. The quantitative estimate of drug-likeness (QED) is 0.209. The van der Waals surface area contributed by atoms with E-state index < -0.39 is 53.7 Å². The van der Waals surface area contributed by atoms with E-state index in [-0.39, 0.29) is 17.3 Å². The zero-order valence-electron chi connectivity index (χ0n) is 18.8. The van der Waals surface area contributed by atoms with Gasteiger partial charge in [0.1, 0.15) is 6.10 Å². The Kier molecular flexibility index (Phi) is 6.59. The molecule has 9 nitrogen and oxygen atoms in total. The summed E-state index contributed by atoms with van der Waals surface area (Å²) in [6, 6.07) is 0. The maximum Gasteiger partial charge on any atom is 0.341 e. The molecule has 1 aliphatic carbocycles. The van der Waals surface area contributed by atoms with E-state index in [9.17, 15) is 19.2 Å². The number of allylic oxidation sites excluding steroid dienone is 2. The van der Waals surface area contributed by atoms with Gasteiger partial charge in [-0.1, -0.05) is 18.2 Å². The minimum Gasteiger partial charge on any atom is -0.466 e. The second-order valence-corrected chi connectivity index (χ2v) is 8.39. The van der Waals surface area contributed by atoms with Gasteiger partial charge in [0.25, 0.3) is 0 Å². The maximum absolute atomic E-state index is 13.0. The van der Waals surface area contributed by atoms with E-state index in [0.717, 1.165) is 5.57 Å². The average molecular weight is 448 g/mol.